The van der Waals surface area contributed by atoms with Gasteiger partial charge >= 0.3 is 0 Å². The van der Waals surface area contributed by atoms with Crippen LogP contribution in [0.25, 0.3) is 0 Å². The van der Waals surface area contributed by atoms with Gasteiger partial charge < -0.3 is 10.2 Å². The maximum Gasteiger partial charge on any atom is 0.0406 e. The Hall–Kier alpha value is -0.570. The molecule has 0 heterocycles. The van der Waals surface area contributed by atoms with E-state index in [1.54, 1.807) is 0 Å². The van der Waals surface area contributed by atoms with Crippen LogP contribution in [0.3, 0.4) is 0 Å². The van der Waals surface area contributed by atoms with Crippen molar-refractivity contribution in [3.8, 4) is 0 Å². The molecule has 1 fully saturated rings. The van der Waals surface area contributed by atoms with E-state index in [1.165, 1.54) is 37.8 Å². The summed E-state index contributed by atoms with van der Waals surface area (Å²) in [4.78, 5) is 2.46. The predicted octanol–water partition coefficient (Wildman–Crippen LogP) is 3.94. The maximum atomic E-state index is 5.94. The van der Waals surface area contributed by atoms with Crippen molar-refractivity contribution in [1.29, 1.82) is 0 Å². The van der Waals surface area contributed by atoms with E-state index in [2.05, 4.69) is 36.3 Å². The number of hydrogen-bond donors (Lipinski definition) is 1. The second-order valence-electron chi connectivity index (χ2n) is 6.29. The van der Waals surface area contributed by atoms with E-state index in [0.717, 1.165) is 24.7 Å². The normalized spacial score (nSPS) is 17.8. The fourth-order valence-corrected chi connectivity index (χ4v) is 3.56. The van der Waals surface area contributed by atoms with E-state index in [-0.39, 0.29) is 0 Å². The third-order valence-corrected chi connectivity index (χ3v) is 4.64. The standard InChI is InChI=1S/C17H27ClN2/c1-3-19-13-17(10-4-5-11-17)14-20(2)12-15-6-8-16(18)9-7-15/h6-9,19H,3-5,10-14H2,1-2H3. The van der Waals surface area contributed by atoms with Gasteiger partial charge in [-0.1, -0.05) is 43.5 Å². The monoisotopic (exact) mass is 294 g/mol. The molecule has 2 rings (SSSR count). The van der Waals surface area contributed by atoms with Crippen LogP contribution in [0, 0.1) is 5.41 Å². The molecule has 1 aromatic carbocycles. The largest absolute Gasteiger partial charge is 0.316 e. The highest BCUT2D eigenvalue weighted by molar-refractivity contribution is 6.30. The van der Waals surface area contributed by atoms with Crippen LogP contribution < -0.4 is 5.32 Å². The van der Waals surface area contributed by atoms with Crippen LogP contribution in [0.4, 0.5) is 0 Å². The Balaban J connectivity index is 1.91. The van der Waals surface area contributed by atoms with E-state index in [1.807, 2.05) is 12.1 Å². The first-order valence-electron chi connectivity index (χ1n) is 7.77. The van der Waals surface area contributed by atoms with Gasteiger partial charge in [0.1, 0.15) is 0 Å². The van der Waals surface area contributed by atoms with Crippen molar-refractivity contribution in [3.63, 3.8) is 0 Å². The predicted molar refractivity (Wildman–Crippen MR) is 87.2 cm³/mol. The summed E-state index contributed by atoms with van der Waals surface area (Å²) in [6.45, 7) is 6.62. The fraction of sp³-hybridized carbons (Fsp3) is 0.647. The molecular formula is C17H27ClN2. The van der Waals surface area contributed by atoms with Crippen molar-refractivity contribution < 1.29 is 0 Å². The van der Waals surface area contributed by atoms with Crippen molar-refractivity contribution in [2.45, 2.75) is 39.2 Å². The van der Waals surface area contributed by atoms with Crippen LogP contribution in [0.5, 0.6) is 0 Å². The zero-order valence-electron chi connectivity index (χ0n) is 12.8. The molecule has 20 heavy (non-hydrogen) atoms. The minimum absolute atomic E-state index is 0.483. The van der Waals surface area contributed by atoms with Gasteiger partial charge in [-0.15, -0.1) is 0 Å². The number of nitrogens with zero attached hydrogens (tertiary/aromatic N) is 1. The molecule has 2 nitrogen and oxygen atoms in total. The highest BCUT2D eigenvalue weighted by atomic mass is 35.5. The number of benzene rings is 1. The van der Waals surface area contributed by atoms with Gasteiger partial charge in [-0.3, -0.25) is 0 Å². The summed E-state index contributed by atoms with van der Waals surface area (Å²) in [7, 11) is 2.24. The van der Waals surface area contributed by atoms with Crippen molar-refractivity contribution in [3.05, 3.63) is 34.9 Å². The van der Waals surface area contributed by atoms with Gasteiger partial charge in [0.2, 0.25) is 0 Å². The Morgan fingerprint density at radius 3 is 2.45 bits per heavy atom. The minimum atomic E-state index is 0.483. The van der Waals surface area contributed by atoms with Crippen LogP contribution in [0.15, 0.2) is 24.3 Å². The molecule has 0 radical (unpaired) electrons. The lowest BCUT2D eigenvalue weighted by atomic mass is 9.85. The zero-order chi connectivity index (χ0) is 14.4. The highest BCUT2D eigenvalue weighted by Gasteiger charge is 2.34. The molecule has 1 aliphatic carbocycles. The third kappa shape index (κ3) is 4.47. The number of nitrogens with one attached hydrogen (secondary N) is 1. The Kier molecular flexibility index (Phi) is 5.88. The summed E-state index contributed by atoms with van der Waals surface area (Å²) in [6, 6.07) is 8.22. The van der Waals surface area contributed by atoms with Gasteiger partial charge in [0.25, 0.3) is 0 Å². The summed E-state index contributed by atoms with van der Waals surface area (Å²) in [5, 5.41) is 4.38. The molecule has 1 aliphatic rings. The summed E-state index contributed by atoms with van der Waals surface area (Å²) in [6.07, 6.45) is 5.51. The van der Waals surface area contributed by atoms with E-state index in [0.29, 0.717) is 5.41 Å². The van der Waals surface area contributed by atoms with Gasteiger partial charge in [-0.2, -0.15) is 0 Å². The lowest BCUT2D eigenvalue weighted by Gasteiger charge is -2.34. The molecule has 0 unspecified atom stereocenters. The molecule has 3 heteroatoms. The second kappa shape index (κ2) is 7.44. The molecule has 0 aliphatic heterocycles. The molecule has 0 spiro atoms. The lowest BCUT2D eigenvalue weighted by Crippen LogP contribution is -2.41. The third-order valence-electron chi connectivity index (χ3n) is 4.39. The fourth-order valence-electron chi connectivity index (χ4n) is 3.44. The quantitative estimate of drug-likeness (QED) is 0.819. The first-order valence-corrected chi connectivity index (χ1v) is 8.15. The maximum absolute atomic E-state index is 5.94. The molecule has 112 valence electrons. The topological polar surface area (TPSA) is 15.3 Å². The zero-order valence-corrected chi connectivity index (χ0v) is 13.5. The molecule has 1 N–H and O–H groups in total. The molecular weight excluding hydrogens is 268 g/mol. The Morgan fingerprint density at radius 1 is 1.20 bits per heavy atom. The van der Waals surface area contributed by atoms with E-state index < -0.39 is 0 Å². The number of halogens is 1. The van der Waals surface area contributed by atoms with Gasteiger partial charge in [0, 0.05) is 24.7 Å². The minimum Gasteiger partial charge on any atom is -0.316 e. The van der Waals surface area contributed by atoms with Crippen molar-refractivity contribution in [2.24, 2.45) is 5.41 Å². The summed E-state index contributed by atoms with van der Waals surface area (Å²) in [5.74, 6) is 0. The molecule has 0 aromatic heterocycles. The molecule has 0 atom stereocenters. The molecule has 0 bridgehead atoms. The van der Waals surface area contributed by atoms with Crippen molar-refractivity contribution >= 4 is 11.6 Å². The lowest BCUT2D eigenvalue weighted by molar-refractivity contribution is 0.168. The first-order chi connectivity index (χ1) is 9.63. The average molecular weight is 295 g/mol. The Bertz CT molecular complexity index is 396. The summed E-state index contributed by atoms with van der Waals surface area (Å²) >= 11 is 5.94. The molecule has 0 amide bonds. The number of rotatable bonds is 7. The van der Waals surface area contributed by atoms with Crippen LogP contribution in [-0.2, 0) is 6.54 Å². The van der Waals surface area contributed by atoms with Crippen LogP contribution in [0.2, 0.25) is 5.02 Å². The molecule has 1 aromatic rings. The van der Waals surface area contributed by atoms with Crippen molar-refractivity contribution in [2.75, 3.05) is 26.7 Å². The second-order valence-corrected chi connectivity index (χ2v) is 6.72. The smallest absolute Gasteiger partial charge is 0.0406 e. The number of hydrogen-bond acceptors (Lipinski definition) is 2. The molecule has 0 saturated heterocycles. The first kappa shape index (κ1) is 15.8. The van der Waals surface area contributed by atoms with Gasteiger partial charge in [-0.05, 0) is 49.5 Å². The van der Waals surface area contributed by atoms with Gasteiger partial charge in [-0.25, -0.2) is 0 Å². The van der Waals surface area contributed by atoms with Gasteiger partial charge in [0.05, 0.1) is 0 Å². The van der Waals surface area contributed by atoms with E-state index in [9.17, 15) is 0 Å². The highest BCUT2D eigenvalue weighted by Crippen LogP contribution is 2.38. The summed E-state index contributed by atoms with van der Waals surface area (Å²) in [5.41, 5.74) is 1.82. The van der Waals surface area contributed by atoms with Crippen LogP contribution in [0.1, 0.15) is 38.2 Å². The molecule has 1 saturated carbocycles. The Labute approximate surface area is 128 Å². The average Bonchev–Trinajstić information content (AvgIpc) is 2.88. The van der Waals surface area contributed by atoms with Gasteiger partial charge in [0.15, 0.2) is 0 Å². The van der Waals surface area contributed by atoms with Crippen LogP contribution in [-0.4, -0.2) is 31.6 Å². The Morgan fingerprint density at radius 2 is 1.85 bits per heavy atom. The van der Waals surface area contributed by atoms with E-state index >= 15 is 0 Å². The summed E-state index contributed by atoms with van der Waals surface area (Å²) < 4.78 is 0. The van der Waals surface area contributed by atoms with E-state index in [4.69, 9.17) is 11.6 Å². The van der Waals surface area contributed by atoms with Crippen molar-refractivity contribution in [1.82, 2.24) is 10.2 Å². The van der Waals surface area contributed by atoms with Crippen LogP contribution >= 0.6 is 11.6 Å². The SMILES string of the molecule is CCNCC1(CN(C)Cc2ccc(Cl)cc2)CCCC1.